The van der Waals surface area contributed by atoms with E-state index in [2.05, 4.69) is 40.8 Å². The lowest BCUT2D eigenvalue weighted by molar-refractivity contribution is -0.136. The Morgan fingerprint density at radius 3 is 2.44 bits per heavy atom. The molecule has 1 saturated carbocycles. The minimum atomic E-state index is -1.10. The van der Waals surface area contributed by atoms with E-state index in [1.165, 1.54) is 18.5 Å². The van der Waals surface area contributed by atoms with Crippen molar-refractivity contribution in [2.45, 2.75) is 50.7 Å². The van der Waals surface area contributed by atoms with E-state index in [-0.39, 0.29) is 60.2 Å². The molecule has 18 heteroatoms. The number of carbonyl (C=O) groups is 6. The highest BCUT2D eigenvalue weighted by molar-refractivity contribution is 6.24. The van der Waals surface area contributed by atoms with Crippen molar-refractivity contribution in [3.63, 3.8) is 0 Å². The zero-order valence-corrected chi connectivity index (χ0v) is 32.0. The predicted molar refractivity (Wildman–Crippen MR) is 211 cm³/mol. The van der Waals surface area contributed by atoms with E-state index < -0.39 is 29.7 Å². The number of nitrogens with zero attached hydrogens (tertiary/aromatic N) is 8. The number of nitrogens with one attached hydrogen (secondary N) is 3. The number of fused-ring (bicyclic) bond motifs is 2. The average molecular weight is 798 g/mol. The van der Waals surface area contributed by atoms with E-state index in [1.807, 2.05) is 47.9 Å². The Balaban J connectivity index is 0.764. The number of benzene rings is 2. The Hall–Kier alpha value is -7.24. The molecule has 300 valence electrons. The average Bonchev–Trinajstić information content (AvgIpc) is 3.77. The summed E-state index contributed by atoms with van der Waals surface area (Å²) in [6.45, 7) is 3.61. The predicted octanol–water partition coefficient (Wildman–Crippen LogP) is 2.54. The molecule has 1 aliphatic carbocycles. The third-order valence-corrected chi connectivity index (χ3v) is 11.2. The Bertz CT molecular complexity index is 2530. The summed E-state index contributed by atoms with van der Waals surface area (Å²) >= 11 is 0. The Morgan fingerprint density at radius 1 is 0.898 bits per heavy atom. The van der Waals surface area contributed by atoms with Crippen molar-refractivity contribution in [1.82, 2.24) is 44.9 Å². The number of amides is 6. The highest BCUT2D eigenvalue weighted by Crippen LogP contribution is 2.36. The van der Waals surface area contributed by atoms with Crippen molar-refractivity contribution in [3.8, 4) is 5.75 Å². The lowest BCUT2D eigenvalue weighted by Crippen LogP contribution is -2.54. The molecule has 18 nitrogen and oxygen atoms in total. The quantitative estimate of drug-likeness (QED) is 0.174. The van der Waals surface area contributed by atoms with Crippen LogP contribution in [0.15, 0.2) is 73.3 Å². The molecule has 5 aromatic rings. The SMILES string of the molecule is Cc1cccc(C(=O)NC2CC(n3cnc4c(Nc5ccc(N6CCN(C(=O)COc7cccc8c7C(=O)N(C7CCC(=O)NC7=O)C8=O)CC6)cc5)ncnc43)C2)n1. The van der Waals surface area contributed by atoms with Crippen LogP contribution in [0.4, 0.5) is 17.2 Å². The van der Waals surface area contributed by atoms with Crippen LogP contribution in [0.25, 0.3) is 11.2 Å². The van der Waals surface area contributed by atoms with Crippen LogP contribution in [-0.2, 0) is 14.4 Å². The number of piperidine rings is 1. The second-order valence-corrected chi connectivity index (χ2v) is 15.0. The molecule has 0 radical (unpaired) electrons. The molecule has 3 aliphatic heterocycles. The largest absolute Gasteiger partial charge is 0.483 e. The first kappa shape index (κ1) is 37.3. The van der Waals surface area contributed by atoms with Crippen LogP contribution in [0.5, 0.6) is 5.75 Å². The molecular weight excluding hydrogens is 759 g/mol. The lowest BCUT2D eigenvalue weighted by Gasteiger charge is -2.36. The molecule has 1 unspecified atom stereocenters. The Labute approximate surface area is 337 Å². The maximum atomic E-state index is 13.4. The molecule has 2 saturated heterocycles. The first-order chi connectivity index (χ1) is 28.6. The van der Waals surface area contributed by atoms with Gasteiger partial charge in [-0.1, -0.05) is 12.1 Å². The number of ether oxygens (including phenoxy) is 1. The summed E-state index contributed by atoms with van der Waals surface area (Å²) in [4.78, 5) is 99.1. The molecule has 3 N–H and O–H groups in total. The van der Waals surface area contributed by atoms with Gasteiger partial charge < -0.3 is 29.7 Å². The van der Waals surface area contributed by atoms with Gasteiger partial charge in [0.2, 0.25) is 11.8 Å². The number of aromatic nitrogens is 5. The molecule has 1 atom stereocenters. The molecular formula is C41H39N11O7. The van der Waals surface area contributed by atoms with Crippen molar-refractivity contribution in [3.05, 3.63) is 95.8 Å². The summed E-state index contributed by atoms with van der Waals surface area (Å²) in [6, 6.07) is 16.9. The first-order valence-corrected chi connectivity index (χ1v) is 19.4. The second kappa shape index (κ2) is 15.3. The van der Waals surface area contributed by atoms with Gasteiger partial charge in [-0.2, -0.15) is 0 Å². The molecule has 9 rings (SSSR count). The van der Waals surface area contributed by atoms with Crippen molar-refractivity contribution in [2.24, 2.45) is 0 Å². The number of rotatable bonds is 10. The fraction of sp³-hybridized carbons (Fsp3) is 0.317. The van der Waals surface area contributed by atoms with Crippen molar-refractivity contribution in [2.75, 3.05) is 43.0 Å². The molecule has 6 amide bonds. The third-order valence-electron chi connectivity index (χ3n) is 11.2. The number of imidazole rings is 1. The second-order valence-electron chi connectivity index (χ2n) is 15.0. The molecule has 0 spiro atoms. The number of carbonyl (C=O) groups excluding carboxylic acids is 6. The number of hydrogen-bond donors (Lipinski definition) is 3. The van der Waals surface area contributed by atoms with Crippen LogP contribution < -0.4 is 25.6 Å². The number of hydrogen-bond acceptors (Lipinski definition) is 13. The number of piperazine rings is 1. The molecule has 3 aromatic heterocycles. The zero-order valence-electron chi connectivity index (χ0n) is 32.0. The lowest BCUT2D eigenvalue weighted by atomic mass is 9.86. The summed E-state index contributed by atoms with van der Waals surface area (Å²) in [5.41, 5.74) is 4.45. The molecule has 0 bridgehead atoms. The number of aryl methyl sites for hydroxylation is 1. The van der Waals surface area contributed by atoms with Gasteiger partial charge >= 0.3 is 0 Å². The van der Waals surface area contributed by atoms with Crippen LogP contribution in [0, 0.1) is 6.92 Å². The molecule has 3 fully saturated rings. The third kappa shape index (κ3) is 7.17. The number of pyridine rings is 1. The molecule has 59 heavy (non-hydrogen) atoms. The van der Waals surface area contributed by atoms with Crippen LogP contribution >= 0.6 is 0 Å². The van der Waals surface area contributed by atoms with E-state index >= 15 is 0 Å². The zero-order chi connectivity index (χ0) is 40.8. The van der Waals surface area contributed by atoms with E-state index in [0.29, 0.717) is 48.9 Å². The van der Waals surface area contributed by atoms with Gasteiger partial charge in [0, 0.05) is 61.8 Å². The van der Waals surface area contributed by atoms with E-state index in [1.54, 1.807) is 23.4 Å². The van der Waals surface area contributed by atoms with Crippen LogP contribution in [0.1, 0.15) is 68.6 Å². The van der Waals surface area contributed by atoms with Gasteiger partial charge in [0.1, 0.15) is 23.8 Å². The van der Waals surface area contributed by atoms with Crippen LogP contribution in [-0.4, -0.2) is 115 Å². The maximum Gasteiger partial charge on any atom is 0.270 e. The fourth-order valence-electron chi connectivity index (χ4n) is 8.01. The minimum Gasteiger partial charge on any atom is -0.483 e. The van der Waals surface area contributed by atoms with Crippen molar-refractivity contribution >= 4 is 63.8 Å². The van der Waals surface area contributed by atoms with E-state index in [4.69, 9.17) is 4.74 Å². The number of anilines is 3. The standard InChI is InChI=1S/C41H39N11O7/c1-23-4-2-6-29(45-23)38(55)47-25-18-27(19-25)51-22-44-35-36(42-21-43-37(35)51)46-24-8-10-26(11-9-24)49-14-16-50(17-15-49)33(54)20-59-31-7-3-5-28-34(31)41(58)52(40(28)57)30-12-13-32(53)48-39(30)56/h2-11,21-22,25,27,30H,12-20H2,1H3,(H,47,55)(H,42,43,46)(H,48,53,56). The maximum absolute atomic E-state index is 13.4. The molecule has 4 aliphatic rings. The summed E-state index contributed by atoms with van der Waals surface area (Å²) in [5.74, 6) is -2.28. The van der Waals surface area contributed by atoms with E-state index in [0.717, 1.165) is 34.8 Å². The molecule has 2 aromatic carbocycles. The van der Waals surface area contributed by atoms with Gasteiger partial charge in [-0.05, 0) is 74.7 Å². The van der Waals surface area contributed by atoms with Gasteiger partial charge in [0.25, 0.3) is 23.6 Å². The summed E-state index contributed by atoms with van der Waals surface area (Å²) < 4.78 is 7.85. The van der Waals surface area contributed by atoms with Crippen molar-refractivity contribution in [1.29, 1.82) is 0 Å². The fourth-order valence-corrected chi connectivity index (χ4v) is 8.01. The monoisotopic (exact) mass is 797 g/mol. The van der Waals surface area contributed by atoms with Gasteiger partial charge in [-0.15, -0.1) is 0 Å². The topological polar surface area (TPSA) is 214 Å². The van der Waals surface area contributed by atoms with Crippen molar-refractivity contribution < 1.29 is 33.5 Å². The smallest absolute Gasteiger partial charge is 0.270 e. The molecule has 6 heterocycles. The summed E-state index contributed by atoms with van der Waals surface area (Å²) in [6.07, 6.45) is 4.84. The van der Waals surface area contributed by atoms with Gasteiger partial charge in [0.15, 0.2) is 23.6 Å². The number of imide groups is 2. The minimum absolute atomic E-state index is 0.000584. The van der Waals surface area contributed by atoms with Crippen LogP contribution in [0.2, 0.25) is 0 Å². The normalized spacial score (nSPS) is 20.3. The van der Waals surface area contributed by atoms with Gasteiger partial charge in [0.05, 0.1) is 17.5 Å². The summed E-state index contributed by atoms with van der Waals surface area (Å²) in [7, 11) is 0. The van der Waals surface area contributed by atoms with Gasteiger partial charge in [-0.25, -0.2) is 19.9 Å². The highest BCUT2D eigenvalue weighted by Gasteiger charge is 2.46. The Kier molecular flexibility index (Phi) is 9.66. The van der Waals surface area contributed by atoms with E-state index in [9.17, 15) is 28.8 Å². The highest BCUT2D eigenvalue weighted by atomic mass is 16.5. The van der Waals surface area contributed by atoms with Gasteiger partial charge in [-0.3, -0.25) is 39.0 Å². The van der Waals surface area contributed by atoms with Crippen LogP contribution in [0.3, 0.4) is 0 Å². The Morgan fingerprint density at radius 2 is 1.68 bits per heavy atom. The summed E-state index contributed by atoms with van der Waals surface area (Å²) in [5, 5.41) is 8.62. The first-order valence-electron chi connectivity index (χ1n) is 19.4.